The number of rotatable bonds is 1. The SMILES string of the molecule is CC1C(=O)NC(=O)CN1C(=O)C(C)(C)N. The molecule has 1 saturated heterocycles. The van der Waals surface area contributed by atoms with Gasteiger partial charge in [0.15, 0.2) is 0 Å². The summed E-state index contributed by atoms with van der Waals surface area (Å²) in [5.41, 5.74) is 4.55. The molecule has 0 aromatic heterocycles. The van der Waals surface area contributed by atoms with Crippen LogP contribution in [0, 0.1) is 0 Å². The predicted molar refractivity (Wildman–Crippen MR) is 52.6 cm³/mol. The first-order valence-electron chi connectivity index (χ1n) is 4.67. The molecule has 0 spiro atoms. The number of piperazine rings is 1. The second-order valence-electron chi connectivity index (χ2n) is 4.24. The van der Waals surface area contributed by atoms with Gasteiger partial charge in [-0.15, -0.1) is 0 Å². The Morgan fingerprint density at radius 2 is 2.07 bits per heavy atom. The summed E-state index contributed by atoms with van der Waals surface area (Å²) < 4.78 is 0. The van der Waals surface area contributed by atoms with Crippen LogP contribution in [0.25, 0.3) is 0 Å². The van der Waals surface area contributed by atoms with E-state index in [-0.39, 0.29) is 6.54 Å². The maximum absolute atomic E-state index is 11.8. The van der Waals surface area contributed by atoms with E-state index in [1.54, 1.807) is 20.8 Å². The average molecular weight is 213 g/mol. The highest BCUT2D eigenvalue weighted by Gasteiger charge is 2.38. The number of imide groups is 1. The van der Waals surface area contributed by atoms with E-state index < -0.39 is 29.3 Å². The first-order chi connectivity index (χ1) is 6.73. The highest BCUT2D eigenvalue weighted by Crippen LogP contribution is 2.11. The summed E-state index contributed by atoms with van der Waals surface area (Å²) in [5.74, 6) is -1.35. The number of nitrogens with two attached hydrogens (primary N) is 1. The lowest BCUT2D eigenvalue weighted by Crippen LogP contribution is -2.63. The molecule has 3 N–H and O–H groups in total. The zero-order valence-electron chi connectivity index (χ0n) is 9.03. The van der Waals surface area contributed by atoms with Gasteiger partial charge in [0.05, 0.1) is 5.54 Å². The molecule has 84 valence electrons. The Morgan fingerprint density at radius 3 is 2.53 bits per heavy atom. The molecular weight excluding hydrogens is 198 g/mol. The van der Waals surface area contributed by atoms with Crippen LogP contribution in [0.3, 0.4) is 0 Å². The predicted octanol–water partition coefficient (Wildman–Crippen LogP) is -1.40. The Morgan fingerprint density at radius 1 is 1.53 bits per heavy atom. The molecule has 3 amide bonds. The summed E-state index contributed by atoms with van der Waals surface area (Å²) >= 11 is 0. The molecule has 0 bridgehead atoms. The Labute approximate surface area is 87.8 Å². The van der Waals surface area contributed by atoms with Gasteiger partial charge in [0.2, 0.25) is 17.7 Å². The van der Waals surface area contributed by atoms with E-state index in [4.69, 9.17) is 5.73 Å². The summed E-state index contributed by atoms with van der Waals surface area (Å²) in [6, 6.07) is -0.655. The minimum atomic E-state index is -1.08. The molecule has 0 aromatic rings. The summed E-state index contributed by atoms with van der Waals surface area (Å²) in [4.78, 5) is 35.4. The Kier molecular flexibility index (Phi) is 2.81. The summed E-state index contributed by atoms with van der Waals surface area (Å²) in [6.45, 7) is 4.52. The third kappa shape index (κ3) is 2.33. The van der Waals surface area contributed by atoms with E-state index in [0.717, 1.165) is 0 Å². The fourth-order valence-corrected chi connectivity index (χ4v) is 1.33. The van der Waals surface area contributed by atoms with Crippen LogP contribution >= 0.6 is 0 Å². The van der Waals surface area contributed by atoms with E-state index in [9.17, 15) is 14.4 Å². The van der Waals surface area contributed by atoms with E-state index >= 15 is 0 Å². The standard InChI is InChI=1S/C9H15N3O3/c1-5-7(14)11-6(13)4-12(5)8(15)9(2,3)10/h5H,4,10H2,1-3H3,(H,11,13,14). The molecule has 1 fully saturated rings. The summed E-state index contributed by atoms with van der Waals surface area (Å²) in [6.07, 6.45) is 0. The van der Waals surface area contributed by atoms with Crippen molar-refractivity contribution in [3.8, 4) is 0 Å². The lowest BCUT2D eigenvalue weighted by molar-refractivity contribution is -0.151. The first-order valence-corrected chi connectivity index (χ1v) is 4.67. The van der Waals surface area contributed by atoms with Crippen molar-refractivity contribution in [1.29, 1.82) is 0 Å². The second-order valence-corrected chi connectivity index (χ2v) is 4.24. The molecule has 15 heavy (non-hydrogen) atoms. The zero-order chi connectivity index (χ0) is 11.8. The molecule has 0 radical (unpaired) electrons. The quantitative estimate of drug-likeness (QED) is 0.524. The molecule has 0 aliphatic carbocycles. The minimum absolute atomic E-state index is 0.119. The highest BCUT2D eigenvalue weighted by atomic mass is 16.2. The maximum atomic E-state index is 11.8. The van der Waals surface area contributed by atoms with Gasteiger partial charge in [-0.25, -0.2) is 0 Å². The maximum Gasteiger partial charge on any atom is 0.249 e. The number of carbonyl (C=O) groups is 3. The third-order valence-corrected chi connectivity index (χ3v) is 2.24. The van der Waals surface area contributed by atoms with Crippen LogP contribution in [0.4, 0.5) is 0 Å². The Balaban J connectivity index is 2.89. The number of hydrogen-bond donors (Lipinski definition) is 2. The zero-order valence-corrected chi connectivity index (χ0v) is 9.03. The molecule has 0 aromatic carbocycles. The smallest absolute Gasteiger partial charge is 0.249 e. The molecule has 1 aliphatic rings. The van der Waals surface area contributed by atoms with E-state index in [1.165, 1.54) is 4.90 Å². The van der Waals surface area contributed by atoms with Gasteiger partial charge < -0.3 is 10.6 Å². The van der Waals surface area contributed by atoms with Crippen molar-refractivity contribution in [2.75, 3.05) is 6.54 Å². The number of hydrogen-bond acceptors (Lipinski definition) is 4. The molecule has 1 atom stereocenters. The fourth-order valence-electron chi connectivity index (χ4n) is 1.33. The second kappa shape index (κ2) is 3.62. The Bertz CT molecular complexity index is 319. The molecule has 6 nitrogen and oxygen atoms in total. The van der Waals surface area contributed by atoms with Crippen molar-refractivity contribution < 1.29 is 14.4 Å². The van der Waals surface area contributed by atoms with Gasteiger partial charge in [0.25, 0.3) is 0 Å². The van der Waals surface area contributed by atoms with Crippen LogP contribution in [-0.2, 0) is 14.4 Å². The van der Waals surface area contributed by atoms with E-state index in [1.807, 2.05) is 0 Å². The van der Waals surface area contributed by atoms with Gasteiger partial charge in [-0.05, 0) is 20.8 Å². The number of nitrogens with one attached hydrogen (secondary N) is 1. The van der Waals surface area contributed by atoms with Crippen LogP contribution in [-0.4, -0.2) is 40.7 Å². The topological polar surface area (TPSA) is 92.5 Å². The van der Waals surface area contributed by atoms with Gasteiger partial charge in [-0.3, -0.25) is 19.7 Å². The van der Waals surface area contributed by atoms with Crippen LogP contribution in [0.1, 0.15) is 20.8 Å². The van der Waals surface area contributed by atoms with Crippen LogP contribution < -0.4 is 11.1 Å². The van der Waals surface area contributed by atoms with Crippen molar-refractivity contribution in [3.05, 3.63) is 0 Å². The minimum Gasteiger partial charge on any atom is -0.320 e. The van der Waals surface area contributed by atoms with Crippen LogP contribution in [0.5, 0.6) is 0 Å². The molecule has 1 heterocycles. The largest absolute Gasteiger partial charge is 0.320 e. The van der Waals surface area contributed by atoms with Crippen LogP contribution in [0.15, 0.2) is 0 Å². The van der Waals surface area contributed by atoms with Crippen molar-refractivity contribution in [1.82, 2.24) is 10.2 Å². The summed E-state index contributed by atoms with van der Waals surface area (Å²) in [7, 11) is 0. The lowest BCUT2D eigenvalue weighted by atomic mass is 10.0. The van der Waals surface area contributed by atoms with Gasteiger partial charge in [0, 0.05) is 0 Å². The lowest BCUT2D eigenvalue weighted by Gasteiger charge is -2.35. The molecule has 1 rings (SSSR count). The first kappa shape index (κ1) is 11.6. The van der Waals surface area contributed by atoms with Gasteiger partial charge in [-0.1, -0.05) is 0 Å². The number of carbonyl (C=O) groups excluding carboxylic acids is 3. The van der Waals surface area contributed by atoms with Gasteiger partial charge in [-0.2, -0.15) is 0 Å². The van der Waals surface area contributed by atoms with Crippen molar-refractivity contribution in [2.24, 2.45) is 5.73 Å². The van der Waals surface area contributed by atoms with Gasteiger partial charge in [0.1, 0.15) is 12.6 Å². The van der Waals surface area contributed by atoms with Crippen molar-refractivity contribution >= 4 is 17.7 Å². The molecule has 6 heteroatoms. The number of amides is 3. The molecule has 1 aliphatic heterocycles. The van der Waals surface area contributed by atoms with Gasteiger partial charge >= 0.3 is 0 Å². The highest BCUT2D eigenvalue weighted by molar-refractivity contribution is 6.05. The average Bonchev–Trinajstić information content (AvgIpc) is 2.08. The van der Waals surface area contributed by atoms with Crippen LogP contribution in [0.2, 0.25) is 0 Å². The molecular formula is C9H15N3O3. The normalized spacial score (nSPS) is 22.7. The van der Waals surface area contributed by atoms with E-state index in [0.29, 0.717) is 0 Å². The van der Waals surface area contributed by atoms with Crippen molar-refractivity contribution in [3.63, 3.8) is 0 Å². The number of nitrogens with zero attached hydrogens (tertiary/aromatic N) is 1. The molecule has 0 saturated carbocycles. The monoisotopic (exact) mass is 213 g/mol. The van der Waals surface area contributed by atoms with E-state index in [2.05, 4.69) is 5.32 Å². The Hall–Kier alpha value is -1.43. The summed E-state index contributed by atoms with van der Waals surface area (Å²) in [5, 5.41) is 2.15. The van der Waals surface area contributed by atoms with Crippen molar-refractivity contribution in [2.45, 2.75) is 32.4 Å². The molecule has 1 unspecified atom stereocenters. The third-order valence-electron chi connectivity index (χ3n) is 2.24. The fraction of sp³-hybridized carbons (Fsp3) is 0.667.